The molecule has 1 atom stereocenters. The lowest BCUT2D eigenvalue weighted by Gasteiger charge is -2.21. The number of thiocarbonyl (C=S) groups is 1. The fraction of sp³-hybridized carbons (Fsp3) is 0.478. The van der Waals surface area contributed by atoms with Crippen LogP contribution in [0.4, 0.5) is 5.00 Å². The summed E-state index contributed by atoms with van der Waals surface area (Å²) in [4.78, 5) is 13.7. The van der Waals surface area contributed by atoms with Crippen LogP contribution in [0.15, 0.2) is 24.3 Å². The van der Waals surface area contributed by atoms with E-state index in [9.17, 15) is 4.79 Å². The molecule has 2 aromatic rings. The molecule has 1 heterocycles. The van der Waals surface area contributed by atoms with Crippen molar-refractivity contribution in [2.24, 2.45) is 0 Å². The molecule has 0 amide bonds. The van der Waals surface area contributed by atoms with E-state index < -0.39 is 0 Å². The first-order chi connectivity index (χ1) is 13.7. The number of hydrogen-bond acceptors (Lipinski definition) is 4. The van der Waals surface area contributed by atoms with Crippen molar-refractivity contribution in [1.82, 2.24) is 5.32 Å². The highest BCUT2D eigenvalue weighted by Gasteiger charge is 2.26. The number of carbonyl (C=O) groups is 1. The summed E-state index contributed by atoms with van der Waals surface area (Å²) >= 11 is 7.17. The molecule has 0 saturated carbocycles. The number of fused-ring (bicyclic) bond motifs is 1. The molecule has 2 N–H and O–H groups in total. The van der Waals surface area contributed by atoms with Gasteiger partial charge in [0.1, 0.15) is 5.00 Å². The number of methoxy groups -OCH3 is 1. The van der Waals surface area contributed by atoms with E-state index in [0.717, 1.165) is 36.2 Å². The van der Waals surface area contributed by atoms with Gasteiger partial charge in [0.2, 0.25) is 0 Å². The highest BCUT2D eigenvalue weighted by Crippen LogP contribution is 2.38. The van der Waals surface area contributed by atoms with Gasteiger partial charge in [0.25, 0.3) is 0 Å². The summed E-state index contributed by atoms with van der Waals surface area (Å²) in [5.74, 6) is -0.291. The molecule has 156 valence electrons. The molecule has 0 spiro atoms. The quantitative estimate of drug-likeness (QED) is 0.477. The highest BCUT2D eigenvalue weighted by molar-refractivity contribution is 7.80. The SMILES string of the molecule is COC(=O)c1c(NC(=S)NC(C)c2ccc(C(C)(C)C)cc2)sc2c1CCCC2. The topological polar surface area (TPSA) is 50.4 Å². The molecule has 3 rings (SSSR count). The number of aryl methyl sites for hydroxylation is 1. The fourth-order valence-corrected chi connectivity index (χ4v) is 5.29. The average molecular weight is 431 g/mol. The molecule has 6 heteroatoms. The molecular weight excluding hydrogens is 400 g/mol. The molecule has 0 saturated heterocycles. The Bertz CT molecular complexity index is 895. The van der Waals surface area contributed by atoms with Crippen molar-refractivity contribution in [3.63, 3.8) is 0 Å². The summed E-state index contributed by atoms with van der Waals surface area (Å²) in [6, 6.07) is 8.69. The Balaban J connectivity index is 1.72. The zero-order valence-electron chi connectivity index (χ0n) is 17.8. The molecule has 0 aliphatic heterocycles. The minimum absolute atomic E-state index is 0.0557. The lowest BCUT2D eigenvalue weighted by molar-refractivity contribution is 0.0601. The second kappa shape index (κ2) is 8.84. The Labute approximate surface area is 183 Å². The van der Waals surface area contributed by atoms with Crippen molar-refractivity contribution in [2.45, 2.75) is 64.8 Å². The Morgan fingerprint density at radius 1 is 1.17 bits per heavy atom. The van der Waals surface area contributed by atoms with Crippen LogP contribution in [0.1, 0.15) is 78.5 Å². The van der Waals surface area contributed by atoms with Gasteiger partial charge in [-0.3, -0.25) is 0 Å². The average Bonchev–Trinajstić information content (AvgIpc) is 3.04. The Kier molecular flexibility index (Phi) is 6.64. The number of hydrogen-bond donors (Lipinski definition) is 2. The molecule has 1 aromatic carbocycles. The number of carbonyl (C=O) groups excluding carboxylic acids is 1. The van der Waals surface area contributed by atoms with Gasteiger partial charge in [0, 0.05) is 4.88 Å². The van der Waals surface area contributed by atoms with Gasteiger partial charge in [-0.1, -0.05) is 45.0 Å². The monoisotopic (exact) mass is 430 g/mol. The highest BCUT2D eigenvalue weighted by atomic mass is 32.1. The summed E-state index contributed by atoms with van der Waals surface area (Å²) in [6.07, 6.45) is 4.21. The number of anilines is 1. The van der Waals surface area contributed by atoms with Crippen molar-refractivity contribution in [2.75, 3.05) is 12.4 Å². The van der Waals surface area contributed by atoms with Gasteiger partial charge in [0.15, 0.2) is 5.11 Å². The van der Waals surface area contributed by atoms with Crippen molar-refractivity contribution in [1.29, 1.82) is 0 Å². The molecule has 0 fully saturated rings. The minimum Gasteiger partial charge on any atom is -0.465 e. The van der Waals surface area contributed by atoms with E-state index in [2.05, 4.69) is 62.6 Å². The molecule has 4 nitrogen and oxygen atoms in total. The standard InChI is InChI=1S/C23H30N2O2S2/c1-14(15-10-12-16(13-11-15)23(2,3)4)24-22(28)25-20-19(21(26)27-5)17-8-6-7-9-18(17)29-20/h10-14H,6-9H2,1-5H3,(H2,24,25,28). The van der Waals surface area contributed by atoms with Gasteiger partial charge in [-0.15, -0.1) is 11.3 Å². The predicted molar refractivity (Wildman–Crippen MR) is 125 cm³/mol. The summed E-state index contributed by atoms with van der Waals surface area (Å²) in [7, 11) is 1.43. The van der Waals surface area contributed by atoms with E-state index in [1.54, 1.807) is 11.3 Å². The van der Waals surface area contributed by atoms with Crippen molar-refractivity contribution in [3.05, 3.63) is 51.4 Å². The Hall–Kier alpha value is -1.92. The third kappa shape index (κ3) is 4.98. The lowest BCUT2D eigenvalue weighted by atomic mass is 9.86. The van der Waals surface area contributed by atoms with E-state index >= 15 is 0 Å². The lowest BCUT2D eigenvalue weighted by Crippen LogP contribution is -2.31. The van der Waals surface area contributed by atoms with Crippen LogP contribution in [0.5, 0.6) is 0 Å². The van der Waals surface area contributed by atoms with Gasteiger partial charge in [-0.2, -0.15) is 0 Å². The smallest absolute Gasteiger partial charge is 0.341 e. The van der Waals surface area contributed by atoms with Crippen molar-refractivity contribution in [3.8, 4) is 0 Å². The van der Waals surface area contributed by atoms with Crippen LogP contribution >= 0.6 is 23.6 Å². The second-order valence-electron chi connectivity index (χ2n) is 8.60. The second-order valence-corrected chi connectivity index (χ2v) is 10.1. The van der Waals surface area contributed by atoms with E-state index in [1.165, 1.54) is 23.1 Å². The van der Waals surface area contributed by atoms with E-state index in [1.807, 2.05) is 0 Å². The van der Waals surface area contributed by atoms with Crippen LogP contribution in [0.2, 0.25) is 0 Å². The molecule has 1 aliphatic carbocycles. The van der Waals surface area contributed by atoms with E-state index in [4.69, 9.17) is 17.0 Å². The first-order valence-electron chi connectivity index (χ1n) is 10.1. The van der Waals surface area contributed by atoms with Gasteiger partial charge >= 0.3 is 5.97 Å². The molecule has 1 aromatic heterocycles. The van der Waals surface area contributed by atoms with Gasteiger partial charge in [-0.25, -0.2) is 4.79 Å². The molecular formula is C23H30N2O2S2. The first-order valence-corrected chi connectivity index (χ1v) is 11.3. The number of ether oxygens (including phenoxy) is 1. The number of thiophene rings is 1. The number of rotatable bonds is 4. The van der Waals surface area contributed by atoms with Crippen LogP contribution in [-0.2, 0) is 23.0 Å². The van der Waals surface area contributed by atoms with Crippen LogP contribution in [0.25, 0.3) is 0 Å². The summed E-state index contributed by atoms with van der Waals surface area (Å²) in [6.45, 7) is 8.72. The molecule has 0 radical (unpaired) electrons. The normalized spacial score (nSPS) is 14.7. The van der Waals surface area contributed by atoms with Gasteiger partial charge < -0.3 is 15.4 Å². The summed E-state index contributed by atoms with van der Waals surface area (Å²) in [5.41, 5.74) is 4.39. The molecule has 0 bridgehead atoms. The Morgan fingerprint density at radius 2 is 1.83 bits per heavy atom. The van der Waals surface area contributed by atoms with Crippen LogP contribution in [0.3, 0.4) is 0 Å². The zero-order chi connectivity index (χ0) is 21.2. The minimum atomic E-state index is -0.291. The van der Waals surface area contributed by atoms with E-state index in [-0.39, 0.29) is 17.4 Å². The van der Waals surface area contributed by atoms with Crippen LogP contribution < -0.4 is 10.6 Å². The van der Waals surface area contributed by atoms with Crippen molar-refractivity contribution < 1.29 is 9.53 Å². The van der Waals surface area contributed by atoms with Crippen LogP contribution in [-0.4, -0.2) is 18.2 Å². The number of benzene rings is 1. The summed E-state index contributed by atoms with van der Waals surface area (Å²) < 4.78 is 5.04. The maximum atomic E-state index is 12.4. The maximum Gasteiger partial charge on any atom is 0.341 e. The third-order valence-corrected chi connectivity index (χ3v) is 6.84. The predicted octanol–water partition coefficient (Wildman–Crippen LogP) is 5.76. The van der Waals surface area contributed by atoms with Crippen molar-refractivity contribution >= 4 is 39.6 Å². The first kappa shape index (κ1) is 21.8. The maximum absolute atomic E-state index is 12.4. The molecule has 29 heavy (non-hydrogen) atoms. The van der Waals surface area contributed by atoms with Gasteiger partial charge in [0.05, 0.1) is 18.7 Å². The third-order valence-electron chi connectivity index (χ3n) is 5.41. The van der Waals surface area contributed by atoms with E-state index in [0.29, 0.717) is 10.7 Å². The van der Waals surface area contributed by atoms with Gasteiger partial charge in [-0.05, 0) is 66.9 Å². The van der Waals surface area contributed by atoms with Crippen LogP contribution in [0, 0.1) is 0 Å². The Morgan fingerprint density at radius 3 is 2.45 bits per heavy atom. The largest absolute Gasteiger partial charge is 0.465 e. The number of esters is 1. The molecule has 1 aliphatic rings. The zero-order valence-corrected chi connectivity index (χ0v) is 19.5. The number of nitrogens with one attached hydrogen (secondary N) is 2. The molecule has 1 unspecified atom stereocenters. The summed E-state index contributed by atoms with van der Waals surface area (Å²) in [5, 5.41) is 7.90. The fourth-order valence-electron chi connectivity index (χ4n) is 3.66.